The molecule has 1 N–H and O–H groups in total. The number of esters is 1. The summed E-state index contributed by atoms with van der Waals surface area (Å²) < 4.78 is 9.96. The van der Waals surface area contributed by atoms with Crippen LogP contribution in [0.4, 0.5) is 5.69 Å². The van der Waals surface area contributed by atoms with Crippen molar-refractivity contribution in [3.8, 4) is 5.75 Å². The van der Waals surface area contributed by atoms with Gasteiger partial charge in [-0.1, -0.05) is 12.1 Å². The van der Waals surface area contributed by atoms with Crippen LogP contribution in [0.3, 0.4) is 0 Å². The highest BCUT2D eigenvalue weighted by molar-refractivity contribution is 5.89. The molecule has 1 aliphatic heterocycles. The van der Waals surface area contributed by atoms with Gasteiger partial charge < -0.3 is 19.7 Å². The summed E-state index contributed by atoms with van der Waals surface area (Å²) in [5, 5.41) is 2.72. The summed E-state index contributed by atoms with van der Waals surface area (Å²) in [7, 11) is 1.57. The van der Waals surface area contributed by atoms with Crippen LogP contribution in [0.2, 0.25) is 0 Å². The van der Waals surface area contributed by atoms with Crippen molar-refractivity contribution in [1.82, 2.24) is 5.32 Å². The van der Waals surface area contributed by atoms with Gasteiger partial charge in [0.25, 0.3) is 0 Å². The summed E-state index contributed by atoms with van der Waals surface area (Å²) in [6.45, 7) is 1.12. The van der Waals surface area contributed by atoms with Crippen molar-refractivity contribution >= 4 is 17.6 Å². The van der Waals surface area contributed by atoms with Crippen LogP contribution in [-0.2, 0) is 14.3 Å². The van der Waals surface area contributed by atoms with Gasteiger partial charge in [-0.25, -0.2) is 4.79 Å². The summed E-state index contributed by atoms with van der Waals surface area (Å²) in [6, 6.07) is 7.16. The number of fused-ring (bicyclic) bond motifs is 1. The standard InChI is InChI=1S/C13H16N2O4/c1-18-7-6-14-12(16)8-15-9-13(17)19-11-5-3-2-4-10(11)15/h2-5H,6-9H2,1H3,(H,14,16). The number of ether oxygens (including phenoxy) is 2. The molecule has 0 saturated carbocycles. The summed E-state index contributed by atoms with van der Waals surface area (Å²) in [6.07, 6.45) is 0. The highest BCUT2D eigenvalue weighted by atomic mass is 16.5. The second kappa shape index (κ2) is 6.19. The van der Waals surface area contributed by atoms with E-state index in [2.05, 4.69) is 5.32 Å². The molecule has 1 aromatic carbocycles. The Labute approximate surface area is 111 Å². The minimum atomic E-state index is -0.358. The number of benzene rings is 1. The number of rotatable bonds is 5. The molecule has 102 valence electrons. The lowest BCUT2D eigenvalue weighted by Gasteiger charge is -2.29. The largest absolute Gasteiger partial charge is 0.423 e. The first kappa shape index (κ1) is 13.4. The van der Waals surface area contributed by atoms with E-state index in [1.807, 2.05) is 12.1 Å². The molecule has 0 spiro atoms. The van der Waals surface area contributed by atoms with Crippen LogP contribution >= 0.6 is 0 Å². The lowest BCUT2D eigenvalue weighted by Crippen LogP contribution is -2.43. The molecule has 0 aromatic heterocycles. The number of hydrogen-bond acceptors (Lipinski definition) is 5. The number of nitrogens with one attached hydrogen (secondary N) is 1. The molecule has 0 aliphatic carbocycles. The van der Waals surface area contributed by atoms with E-state index >= 15 is 0 Å². The average molecular weight is 264 g/mol. The van der Waals surface area contributed by atoms with Crippen LogP contribution in [0.25, 0.3) is 0 Å². The Morgan fingerprint density at radius 3 is 3.05 bits per heavy atom. The molecule has 1 heterocycles. The molecule has 1 aromatic rings. The van der Waals surface area contributed by atoms with Crippen molar-refractivity contribution < 1.29 is 19.1 Å². The first-order chi connectivity index (χ1) is 9.20. The van der Waals surface area contributed by atoms with E-state index < -0.39 is 0 Å². The van der Waals surface area contributed by atoms with Crippen molar-refractivity contribution in [2.24, 2.45) is 0 Å². The molecule has 1 aliphatic rings. The number of hydrogen-bond donors (Lipinski definition) is 1. The van der Waals surface area contributed by atoms with Crippen LogP contribution in [0.5, 0.6) is 5.75 Å². The van der Waals surface area contributed by atoms with Gasteiger partial charge in [0.15, 0.2) is 5.75 Å². The third kappa shape index (κ3) is 3.45. The summed E-state index contributed by atoms with van der Waals surface area (Å²) in [5.41, 5.74) is 0.754. The zero-order valence-electron chi connectivity index (χ0n) is 10.7. The number of anilines is 1. The van der Waals surface area contributed by atoms with Crippen molar-refractivity contribution in [2.45, 2.75) is 0 Å². The van der Waals surface area contributed by atoms with E-state index in [0.717, 1.165) is 5.69 Å². The monoisotopic (exact) mass is 264 g/mol. The molecule has 0 bridgehead atoms. The van der Waals surface area contributed by atoms with Gasteiger partial charge in [-0.2, -0.15) is 0 Å². The number of amides is 1. The van der Waals surface area contributed by atoms with Gasteiger partial charge in [0.1, 0.15) is 6.54 Å². The highest BCUT2D eigenvalue weighted by Gasteiger charge is 2.24. The lowest BCUT2D eigenvalue weighted by molar-refractivity contribution is -0.133. The lowest BCUT2D eigenvalue weighted by atomic mass is 10.2. The maximum Gasteiger partial charge on any atom is 0.331 e. The van der Waals surface area contributed by atoms with Gasteiger partial charge in [0.2, 0.25) is 5.91 Å². The van der Waals surface area contributed by atoms with Gasteiger partial charge in [0.05, 0.1) is 18.8 Å². The fourth-order valence-electron chi connectivity index (χ4n) is 1.86. The Kier molecular flexibility index (Phi) is 4.35. The smallest absolute Gasteiger partial charge is 0.331 e. The number of carbonyl (C=O) groups excluding carboxylic acids is 2. The van der Waals surface area contributed by atoms with E-state index in [1.54, 1.807) is 24.1 Å². The summed E-state index contributed by atoms with van der Waals surface area (Å²) in [5.74, 6) is -0.0200. The Morgan fingerprint density at radius 1 is 1.47 bits per heavy atom. The minimum Gasteiger partial charge on any atom is -0.423 e. The molecule has 6 heteroatoms. The summed E-state index contributed by atoms with van der Waals surface area (Å²) >= 11 is 0. The quantitative estimate of drug-likeness (QED) is 0.466. The predicted octanol–water partition coefficient (Wildman–Crippen LogP) is 0.175. The van der Waals surface area contributed by atoms with E-state index in [0.29, 0.717) is 18.9 Å². The molecule has 0 atom stereocenters. The predicted molar refractivity (Wildman–Crippen MR) is 69.2 cm³/mol. The maximum absolute atomic E-state index is 11.7. The molecule has 0 unspecified atom stereocenters. The van der Waals surface area contributed by atoms with Crippen molar-refractivity contribution in [1.29, 1.82) is 0 Å². The Hall–Kier alpha value is -2.08. The molecular weight excluding hydrogens is 248 g/mol. The topological polar surface area (TPSA) is 67.9 Å². The second-order valence-electron chi connectivity index (χ2n) is 4.14. The minimum absolute atomic E-state index is 0.0781. The second-order valence-corrected chi connectivity index (χ2v) is 4.14. The van der Waals surface area contributed by atoms with Crippen LogP contribution in [-0.4, -0.2) is 45.2 Å². The molecule has 19 heavy (non-hydrogen) atoms. The van der Waals surface area contributed by atoms with Crippen molar-refractivity contribution in [3.63, 3.8) is 0 Å². The molecule has 6 nitrogen and oxygen atoms in total. The van der Waals surface area contributed by atoms with Gasteiger partial charge >= 0.3 is 5.97 Å². The van der Waals surface area contributed by atoms with Gasteiger partial charge in [-0.05, 0) is 12.1 Å². The molecule has 0 saturated heterocycles. The van der Waals surface area contributed by atoms with Crippen LogP contribution in [0, 0.1) is 0 Å². The van der Waals surface area contributed by atoms with Gasteiger partial charge in [-0.15, -0.1) is 0 Å². The zero-order valence-corrected chi connectivity index (χ0v) is 10.7. The van der Waals surface area contributed by atoms with Crippen LogP contribution < -0.4 is 15.0 Å². The highest BCUT2D eigenvalue weighted by Crippen LogP contribution is 2.30. The molecule has 2 rings (SSSR count). The van der Waals surface area contributed by atoms with E-state index in [1.165, 1.54) is 0 Å². The fraction of sp³-hybridized carbons (Fsp3) is 0.385. The number of methoxy groups -OCH3 is 1. The van der Waals surface area contributed by atoms with Crippen LogP contribution in [0.1, 0.15) is 0 Å². The maximum atomic E-state index is 11.7. The molecule has 1 amide bonds. The number of carbonyl (C=O) groups is 2. The van der Waals surface area contributed by atoms with E-state index in [9.17, 15) is 9.59 Å². The normalized spacial score (nSPS) is 13.7. The fourth-order valence-corrected chi connectivity index (χ4v) is 1.86. The van der Waals surface area contributed by atoms with E-state index in [4.69, 9.17) is 9.47 Å². The van der Waals surface area contributed by atoms with Crippen LogP contribution in [0.15, 0.2) is 24.3 Å². The average Bonchev–Trinajstić information content (AvgIpc) is 2.39. The van der Waals surface area contributed by atoms with Crippen molar-refractivity contribution in [2.75, 3.05) is 38.3 Å². The molecule has 0 radical (unpaired) electrons. The molecular formula is C13H16N2O4. The zero-order chi connectivity index (χ0) is 13.7. The first-order valence-electron chi connectivity index (χ1n) is 6.01. The SMILES string of the molecule is COCCNC(=O)CN1CC(=O)Oc2ccccc21. The number of nitrogens with zero attached hydrogens (tertiary/aromatic N) is 1. The first-order valence-corrected chi connectivity index (χ1v) is 6.01. The summed E-state index contributed by atoms with van der Waals surface area (Å²) in [4.78, 5) is 24.9. The number of para-hydroxylation sites is 2. The van der Waals surface area contributed by atoms with Gasteiger partial charge in [0, 0.05) is 13.7 Å². The third-order valence-electron chi connectivity index (χ3n) is 2.71. The Bertz CT molecular complexity index is 475. The molecule has 0 fully saturated rings. The van der Waals surface area contributed by atoms with Crippen molar-refractivity contribution in [3.05, 3.63) is 24.3 Å². The van der Waals surface area contributed by atoms with Gasteiger partial charge in [-0.3, -0.25) is 4.79 Å². The van der Waals surface area contributed by atoms with E-state index in [-0.39, 0.29) is 25.0 Å². The third-order valence-corrected chi connectivity index (χ3v) is 2.71. The Balaban J connectivity index is 2.00. The Morgan fingerprint density at radius 2 is 2.26 bits per heavy atom.